The highest BCUT2D eigenvalue weighted by molar-refractivity contribution is 5.72. The molecule has 4 rings (SSSR count). The molecule has 37 heavy (non-hydrogen) atoms. The third-order valence-electron chi connectivity index (χ3n) is 8.63. The van der Waals surface area contributed by atoms with Crippen molar-refractivity contribution in [1.29, 1.82) is 0 Å². The molecule has 0 saturated heterocycles. The number of rotatable bonds is 9. The first-order valence-corrected chi connectivity index (χ1v) is 14.3. The lowest BCUT2D eigenvalue weighted by molar-refractivity contribution is -0.157. The SMILES string of the molecule is CC=CCCC1CCC(OC(=O)C2CCC(c3cc(F)c(C[C@H](C)c4ccccc4)c(F)c3)CC2)CC1. The molecule has 0 bridgehead atoms. The van der Waals surface area contributed by atoms with E-state index >= 15 is 8.78 Å². The van der Waals surface area contributed by atoms with Gasteiger partial charge in [0.25, 0.3) is 0 Å². The van der Waals surface area contributed by atoms with Crippen molar-refractivity contribution in [3.05, 3.63) is 82.9 Å². The predicted octanol–water partition coefficient (Wildman–Crippen LogP) is 9.04. The van der Waals surface area contributed by atoms with Crippen LogP contribution in [0.2, 0.25) is 0 Å². The highest BCUT2D eigenvalue weighted by atomic mass is 19.1. The number of ether oxygens (including phenoxy) is 1. The Morgan fingerprint density at radius 1 is 0.973 bits per heavy atom. The average Bonchev–Trinajstić information content (AvgIpc) is 2.92. The van der Waals surface area contributed by atoms with Crippen molar-refractivity contribution in [2.75, 3.05) is 0 Å². The van der Waals surface area contributed by atoms with Crippen molar-refractivity contribution in [2.24, 2.45) is 11.8 Å². The summed E-state index contributed by atoms with van der Waals surface area (Å²) >= 11 is 0. The van der Waals surface area contributed by atoms with E-state index in [1.807, 2.05) is 37.3 Å². The van der Waals surface area contributed by atoms with Gasteiger partial charge in [-0.25, -0.2) is 8.78 Å². The summed E-state index contributed by atoms with van der Waals surface area (Å²) in [5, 5.41) is 0. The fraction of sp³-hybridized carbons (Fsp3) is 0.545. The van der Waals surface area contributed by atoms with Gasteiger partial charge in [0.2, 0.25) is 0 Å². The molecule has 0 radical (unpaired) electrons. The molecule has 2 aromatic carbocycles. The Bertz CT molecular complexity index is 1010. The third-order valence-corrected chi connectivity index (χ3v) is 8.63. The Hall–Kier alpha value is -2.49. The largest absolute Gasteiger partial charge is 0.462 e. The lowest BCUT2D eigenvalue weighted by Crippen LogP contribution is -2.30. The van der Waals surface area contributed by atoms with E-state index in [9.17, 15) is 4.79 Å². The van der Waals surface area contributed by atoms with Gasteiger partial charge in [-0.15, -0.1) is 0 Å². The maximum atomic E-state index is 15.0. The van der Waals surface area contributed by atoms with E-state index in [4.69, 9.17) is 4.74 Å². The quantitative estimate of drug-likeness (QED) is 0.249. The summed E-state index contributed by atoms with van der Waals surface area (Å²) in [4.78, 5) is 12.8. The molecule has 1 atom stereocenters. The van der Waals surface area contributed by atoms with Crippen molar-refractivity contribution in [2.45, 2.75) is 102 Å². The minimum absolute atomic E-state index is 0.0331. The van der Waals surface area contributed by atoms with Crippen LogP contribution >= 0.6 is 0 Å². The van der Waals surface area contributed by atoms with Crippen molar-refractivity contribution in [1.82, 2.24) is 0 Å². The Morgan fingerprint density at radius 2 is 1.62 bits per heavy atom. The summed E-state index contributed by atoms with van der Waals surface area (Å²) in [5.74, 6) is -0.216. The standard InChI is InChI=1S/C33H42F2O2/c1-3-4-6-9-24-12-18-29(19-13-24)37-33(36)27-16-14-26(15-17-27)28-21-31(34)30(32(35)22-28)20-23(2)25-10-7-5-8-11-25/h3-5,7-8,10-11,21-24,26-27,29H,6,9,12-20H2,1-2H3/t23-,24?,26?,27?,29?/m0/s1. The Balaban J connectivity index is 1.25. The van der Waals surface area contributed by atoms with Crippen LogP contribution in [0.1, 0.15) is 107 Å². The van der Waals surface area contributed by atoms with Gasteiger partial charge in [-0.2, -0.15) is 0 Å². The molecule has 0 aromatic heterocycles. The van der Waals surface area contributed by atoms with Gasteiger partial charge >= 0.3 is 5.97 Å². The second-order valence-electron chi connectivity index (χ2n) is 11.3. The summed E-state index contributed by atoms with van der Waals surface area (Å²) in [5.41, 5.74) is 1.95. The Labute approximate surface area is 221 Å². The number of esters is 1. The molecule has 2 nitrogen and oxygen atoms in total. The zero-order valence-corrected chi connectivity index (χ0v) is 22.4. The lowest BCUT2D eigenvalue weighted by Gasteiger charge is -2.31. The molecule has 2 saturated carbocycles. The number of allylic oxidation sites excluding steroid dienone is 2. The van der Waals surface area contributed by atoms with E-state index in [2.05, 4.69) is 19.1 Å². The second kappa shape index (κ2) is 13.3. The van der Waals surface area contributed by atoms with Crippen LogP contribution in [0.25, 0.3) is 0 Å². The van der Waals surface area contributed by atoms with Gasteiger partial charge in [0, 0.05) is 5.56 Å². The summed E-state index contributed by atoms with van der Waals surface area (Å²) in [6, 6.07) is 12.9. The molecular formula is C33H42F2O2. The zero-order valence-electron chi connectivity index (χ0n) is 22.4. The van der Waals surface area contributed by atoms with Gasteiger partial charge in [0.1, 0.15) is 17.7 Å². The van der Waals surface area contributed by atoms with Gasteiger partial charge in [0.15, 0.2) is 0 Å². The van der Waals surface area contributed by atoms with Crippen molar-refractivity contribution in [3.8, 4) is 0 Å². The summed E-state index contributed by atoms with van der Waals surface area (Å²) in [6.45, 7) is 4.06. The van der Waals surface area contributed by atoms with Crippen LogP contribution in [-0.4, -0.2) is 12.1 Å². The fourth-order valence-corrected chi connectivity index (χ4v) is 6.22. The summed E-state index contributed by atoms with van der Waals surface area (Å²) < 4.78 is 35.9. The van der Waals surface area contributed by atoms with E-state index in [1.54, 1.807) is 0 Å². The van der Waals surface area contributed by atoms with Crippen LogP contribution in [0.15, 0.2) is 54.6 Å². The minimum atomic E-state index is -0.458. The van der Waals surface area contributed by atoms with Crippen LogP contribution in [0.3, 0.4) is 0 Å². The van der Waals surface area contributed by atoms with Crippen LogP contribution in [0.5, 0.6) is 0 Å². The van der Waals surface area contributed by atoms with Crippen molar-refractivity contribution in [3.63, 3.8) is 0 Å². The van der Waals surface area contributed by atoms with Gasteiger partial charge < -0.3 is 4.74 Å². The molecular weight excluding hydrogens is 466 g/mol. The van der Waals surface area contributed by atoms with Crippen LogP contribution < -0.4 is 0 Å². The van der Waals surface area contributed by atoms with Crippen LogP contribution in [0.4, 0.5) is 8.78 Å². The number of carbonyl (C=O) groups is 1. The summed E-state index contributed by atoms with van der Waals surface area (Å²) in [6.07, 6.45) is 14.3. The Kier molecular flexibility index (Phi) is 9.94. The highest BCUT2D eigenvalue weighted by Crippen LogP contribution is 2.38. The first-order chi connectivity index (χ1) is 17.9. The number of carbonyl (C=O) groups excluding carboxylic acids is 1. The zero-order chi connectivity index (χ0) is 26.2. The molecule has 0 amide bonds. The maximum absolute atomic E-state index is 15.0. The fourth-order valence-electron chi connectivity index (χ4n) is 6.22. The average molecular weight is 509 g/mol. The van der Waals surface area contributed by atoms with E-state index < -0.39 is 11.6 Å². The van der Waals surface area contributed by atoms with E-state index in [0.717, 1.165) is 69.3 Å². The van der Waals surface area contributed by atoms with E-state index in [0.29, 0.717) is 12.0 Å². The first kappa shape index (κ1) is 27.5. The van der Waals surface area contributed by atoms with Crippen molar-refractivity contribution >= 4 is 5.97 Å². The first-order valence-electron chi connectivity index (χ1n) is 14.3. The van der Waals surface area contributed by atoms with Gasteiger partial charge in [-0.3, -0.25) is 4.79 Å². The van der Waals surface area contributed by atoms with Crippen LogP contribution in [-0.2, 0) is 16.0 Å². The molecule has 0 aliphatic heterocycles. The molecule has 0 unspecified atom stereocenters. The smallest absolute Gasteiger partial charge is 0.309 e. The van der Waals surface area contributed by atoms with Gasteiger partial charge in [-0.1, -0.05) is 49.4 Å². The molecule has 0 spiro atoms. The molecule has 2 aromatic rings. The number of halogens is 2. The molecule has 0 heterocycles. The highest BCUT2D eigenvalue weighted by Gasteiger charge is 2.31. The molecule has 2 aliphatic rings. The second-order valence-corrected chi connectivity index (χ2v) is 11.3. The molecule has 4 heteroatoms. The predicted molar refractivity (Wildman–Crippen MR) is 146 cm³/mol. The Morgan fingerprint density at radius 3 is 2.24 bits per heavy atom. The third kappa shape index (κ3) is 7.52. The number of benzene rings is 2. The summed E-state index contributed by atoms with van der Waals surface area (Å²) in [7, 11) is 0. The van der Waals surface area contributed by atoms with Gasteiger partial charge in [0.05, 0.1) is 5.92 Å². The van der Waals surface area contributed by atoms with E-state index in [-0.39, 0.29) is 35.4 Å². The number of hydrogen-bond acceptors (Lipinski definition) is 2. The topological polar surface area (TPSA) is 26.3 Å². The van der Waals surface area contributed by atoms with Crippen LogP contribution in [0, 0.1) is 23.5 Å². The molecule has 200 valence electrons. The maximum Gasteiger partial charge on any atom is 0.309 e. The minimum Gasteiger partial charge on any atom is -0.462 e. The van der Waals surface area contributed by atoms with E-state index in [1.165, 1.54) is 18.6 Å². The van der Waals surface area contributed by atoms with Gasteiger partial charge in [-0.05, 0) is 119 Å². The molecule has 0 N–H and O–H groups in total. The number of hydrogen-bond donors (Lipinski definition) is 0. The molecule has 2 fully saturated rings. The normalized spacial score (nSPS) is 25.2. The van der Waals surface area contributed by atoms with Crippen molar-refractivity contribution < 1.29 is 18.3 Å². The molecule has 2 aliphatic carbocycles. The monoisotopic (exact) mass is 508 g/mol. The lowest BCUT2D eigenvalue weighted by atomic mass is 9.78.